The summed E-state index contributed by atoms with van der Waals surface area (Å²) in [4.78, 5) is 11.4. The normalized spacial score (nSPS) is 12.8. The average molecular weight is 416 g/mol. The van der Waals surface area contributed by atoms with E-state index in [1.165, 1.54) is 25.1 Å². The van der Waals surface area contributed by atoms with Gasteiger partial charge >= 0.3 is 5.97 Å². The Bertz CT molecular complexity index is 929. The number of halogens is 2. The van der Waals surface area contributed by atoms with E-state index in [1.54, 1.807) is 24.3 Å². The number of carboxylic acid groups (broad SMARTS) is 1. The predicted molar refractivity (Wildman–Crippen MR) is 104 cm³/mol. The molecule has 1 unspecified atom stereocenters. The molecule has 2 rings (SSSR count). The molecule has 0 aliphatic heterocycles. The molecule has 0 heterocycles. The van der Waals surface area contributed by atoms with Gasteiger partial charge in [-0.1, -0.05) is 55.2 Å². The number of aliphatic carboxylic acids is 1. The zero-order valence-corrected chi connectivity index (χ0v) is 16.8. The molecule has 26 heavy (non-hydrogen) atoms. The molecule has 2 aromatic rings. The highest BCUT2D eigenvalue weighted by Crippen LogP contribution is 2.36. The summed E-state index contributed by atoms with van der Waals surface area (Å²) in [5, 5.41) is 9.67. The molecule has 0 aliphatic rings. The zero-order valence-electron chi connectivity index (χ0n) is 14.5. The van der Waals surface area contributed by atoms with E-state index >= 15 is 0 Å². The molecule has 1 atom stereocenters. The highest BCUT2D eigenvalue weighted by Gasteiger charge is 2.36. The maximum atomic E-state index is 13.3. The molecule has 5 nitrogen and oxygen atoms in total. The van der Waals surface area contributed by atoms with Crippen molar-refractivity contribution >= 4 is 44.9 Å². The van der Waals surface area contributed by atoms with Crippen LogP contribution in [0.4, 0.5) is 5.69 Å². The maximum Gasteiger partial charge on any atom is 0.327 e. The van der Waals surface area contributed by atoms with Gasteiger partial charge in [-0.3, -0.25) is 4.31 Å². The lowest BCUT2D eigenvalue weighted by molar-refractivity contribution is -0.137. The molecule has 0 radical (unpaired) electrons. The lowest BCUT2D eigenvalue weighted by Crippen LogP contribution is -2.44. The third-order valence-corrected chi connectivity index (χ3v) is 6.54. The van der Waals surface area contributed by atoms with Gasteiger partial charge in [0, 0.05) is 5.02 Å². The number of para-hydroxylation sites is 1. The summed E-state index contributed by atoms with van der Waals surface area (Å²) >= 11 is 12.0. The third-order valence-electron chi connectivity index (χ3n) is 3.94. The van der Waals surface area contributed by atoms with E-state index in [0.29, 0.717) is 11.3 Å². The minimum atomic E-state index is -4.27. The molecule has 0 saturated carbocycles. The van der Waals surface area contributed by atoms with Gasteiger partial charge in [0.1, 0.15) is 10.9 Å². The van der Waals surface area contributed by atoms with Crippen LogP contribution in [0.3, 0.4) is 0 Å². The van der Waals surface area contributed by atoms with Crippen molar-refractivity contribution in [2.45, 2.75) is 37.6 Å². The van der Waals surface area contributed by atoms with Crippen LogP contribution in [0.25, 0.3) is 0 Å². The van der Waals surface area contributed by atoms with Crippen LogP contribution in [0.5, 0.6) is 0 Å². The number of anilines is 1. The maximum absolute atomic E-state index is 13.3. The van der Waals surface area contributed by atoms with Crippen molar-refractivity contribution in [3.8, 4) is 0 Å². The van der Waals surface area contributed by atoms with Crippen LogP contribution >= 0.6 is 23.2 Å². The van der Waals surface area contributed by atoms with E-state index in [-0.39, 0.29) is 20.9 Å². The second-order valence-corrected chi connectivity index (χ2v) is 8.73. The number of nitrogens with zero attached hydrogens (tertiary/aromatic N) is 1. The van der Waals surface area contributed by atoms with Crippen molar-refractivity contribution in [2.24, 2.45) is 0 Å². The Hall–Kier alpha value is -1.76. The Labute approximate surface area is 163 Å². The van der Waals surface area contributed by atoms with Crippen molar-refractivity contribution in [1.29, 1.82) is 0 Å². The van der Waals surface area contributed by atoms with Gasteiger partial charge in [0.2, 0.25) is 0 Å². The first-order valence-electron chi connectivity index (χ1n) is 7.88. The molecule has 8 heteroatoms. The van der Waals surface area contributed by atoms with Gasteiger partial charge in [0.05, 0.1) is 10.7 Å². The fourth-order valence-corrected chi connectivity index (χ4v) is 4.98. The molecule has 0 aromatic heterocycles. The second kappa shape index (κ2) is 7.86. The quantitative estimate of drug-likeness (QED) is 0.735. The molecule has 0 fully saturated rings. The first kappa shape index (κ1) is 20.6. The Morgan fingerprint density at radius 2 is 1.69 bits per heavy atom. The van der Waals surface area contributed by atoms with Crippen LogP contribution in [-0.2, 0) is 14.8 Å². The number of sulfonamides is 1. The Morgan fingerprint density at radius 1 is 1.08 bits per heavy atom. The van der Waals surface area contributed by atoms with Crippen LogP contribution in [0, 0.1) is 0 Å². The van der Waals surface area contributed by atoms with Crippen molar-refractivity contribution in [3.05, 3.63) is 58.1 Å². The van der Waals surface area contributed by atoms with E-state index < -0.39 is 22.0 Å². The number of carbonyl (C=O) groups is 1. The summed E-state index contributed by atoms with van der Waals surface area (Å²) in [6, 6.07) is 9.53. The van der Waals surface area contributed by atoms with Crippen molar-refractivity contribution in [3.63, 3.8) is 0 Å². The minimum absolute atomic E-state index is 0.0141. The van der Waals surface area contributed by atoms with Gasteiger partial charge in [-0.25, -0.2) is 13.2 Å². The monoisotopic (exact) mass is 415 g/mol. The number of hydrogen-bond donors (Lipinski definition) is 1. The van der Waals surface area contributed by atoms with Crippen LogP contribution in [0.15, 0.2) is 47.4 Å². The molecule has 0 amide bonds. The van der Waals surface area contributed by atoms with Crippen molar-refractivity contribution in [1.82, 2.24) is 0 Å². The number of carboxylic acids is 1. The highest BCUT2D eigenvalue weighted by molar-refractivity contribution is 7.93. The van der Waals surface area contributed by atoms with E-state index in [0.717, 1.165) is 4.31 Å². The first-order valence-corrected chi connectivity index (χ1v) is 10.1. The van der Waals surface area contributed by atoms with Crippen LogP contribution in [0.2, 0.25) is 10.0 Å². The Kier molecular flexibility index (Phi) is 6.21. The van der Waals surface area contributed by atoms with Gasteiger partial charge in [-0.2, -0.15) is 0 Å². The largest absolute Gasteiger partial charge is 0.480 e. The summed E-state index contributed by atoms with van der Waals surface area (Å²) in [7, 11) is -4.27. The molecule has 2 aromatic carbocycles. The lowest BCUT2D eigenvalue weighted by Gasteiger charge is -2.31. The van der Waals surface area contributed by atoms with Gasteiger partial charge in [-0.15, -0.1) is 0 Å². The van der Waals surface area contributed by atoms with Crippen LogP contribution in [0.1, 0.15) is 32.3 Å². The smallest absolute Gasteiger partial charge is 0.327 e. The first-order chi connectivity index (χ1) is 12.1. The van der Waals surface area contributed by atoms with Crippen molar-refractivity contribution in [2.75, 3.05) is 4.31 Å². The predicted octanol–water partition coefficient (Wildman–Crippen LogP) is 4.79. The van der Waals surface area contributed by atoms with E-state index in [2.05, 4.69) is 0 Å². The zero-order chi connectivity index (χ0) is 19.6. The summed E-state index contributed by atoms with van der Waals surface area (Å²) in [6.45, 7) is 5.12. The molecular weight excluding hydrogens is 397 g/mol. The average Bonchev–Trinajstić information content (AvgIpc) is 2.57. The Balaban J connectivity index is 2.78. The third kappa shape index (κ3) is 3.98. The van der Waals surface area contributed by atoms with Gasteiger partial charge < -0.3 is 5.11 Å². The summed E-state index contributed by atoms with van der Waals surface area (Å²) in [5.41, 5.74) is 1.01. The lowest BCUT2D eigenvalue weighted by atomic mass is 10.0. The fraction of sp³-hybridized carbons (Fsp3) is 0.278. The number of hydrogen-bond acceptors (Lipinski definition) is 3. The van der Waals surface area contributed by atoms with Gasteiger partial charge in [-0.05, 0) is 42.7 Å². The minimum Gasteiger partial charge on any atom is -0.480 e. The molecular formula is C18H19Cl2NO4S. The van der Waals surface area contributed by atoms with Gasteiger partial charge in [0.15, 0.2) is 0 Å². The molecule has 0 aliphatic carbocycles. The summed E-state index contributed by atoms with van der Waals surface area (Å²) < 4.78 is 27.6. The van der Waals surface area contributed by atoms with Crippen LogP contribution < -0.4 is 4.31 Å². The standard InChI is InChI=1S/C18H19Cl2NO4S/c1-11(2)14-6-4-5-7-16(14)21(12(3)18(22)23)26(24,25)17-10-13(19)8-9-15(17)20/h4-12H,1-3H3,(H,22,23). The number of rotatable bonds is 6. The molecule has 0 spiro atoms. The second-order valence-electron chi connectivity index (χ2n) is 6.10. The Morgan fingerprint density at radius 3 is 2.27 bits per heavy atom. The summed E-state index contributed by atoms with van der Waals surface area (Å²) in [6.07, 6.45) is 0. The topological polar surface area (TPSA) is 74.7 Å². The molecule has 0 bridgehead atoms. The van der Waals surface area contributed by atoms with Crippen molar-refractivity contribution < 1.29 is 18.3 Å². The van der Waals surface area contributed by atoms with E-state index in [1.807, 2.05) is 13.8 Å². The molecule has 140 valence electrons. The van der Waals surface area contributed by atoms with Gasteiger partial charge in [0.25, 0.3) is 10.0 Å². The van der Waals surface area contributed by atoms with Crippen LogP contribution in [-0.4, -0.2) is 25.5 Å². The summed E-state index contributed by atoms with van der Waals surface area (Å²) in [5.74, 6) is -1.29. The van der Waals surface area contributed by atoms with E-state index in [4.69, 9.17) is 23.2 Å². The number of benzene rings is 2. The molecule has 1 N–H and O–H groups in total. The fourth-order valence-electron chi connectivity index (χ4n) is 2.60. The highest BCUT2D eigenvalue weighted by atomic mass is 35.5. The molecule has 0 saturated heterocycles. The van der Waals surface area contributed by atoms with E-state index in [9.17, 15) is 18.3 Å². The SMILES string of the molecule is CC(C)c1ccccc1N(C(C)C(=O)O)S(=O)(=O)c1cc(Cl)ccc1Cl.